The van der Waals surface area contributed by atoms with Gasteiger partial charge < -0.3 is 19.3 Å². The molecule has 0 aliphatic heterocycles. The van der Waals surface area contributed by atoms with Crippen molar-refractivity contribution >= 4 is 11.9 Å². The maximum Gasteiger partial charge on any atom is 0.306 e. The van der Waals surface area contributed by atoms with Crippen molar-refractivity contribution in [2.45, 2.75) is 104 Å². The van der Waals surface area contributed by atoms with Gasteiger partial charge in [-0.3, -0.25) is 9.59 Å². The van der Waals surface area contributed by atoms with Crippen molar-refractivity contribution in [1.29, 1.82) is 0 Å². The van der Waals surface area contributed by atoms with E-state index in [2.05, 4.69) is 37.7 Å². The number of carbonyl (C=O) groups is 2. The van der Waals surface area contributed by atoms with E-state index in [9.17, 15) is 9.59 Å². The lowest BCUT2D eigenvalue weighted by atomic mass is 10.0. The highest BCUT2D eigenvalue weighted by atomic mass is 16.5. The first-order chi connectivity index (χ1) is 20.4. The number of rotatable bonds is 23. The summed E-state index contributed by atoms with van der Waals surface area (Å²) in [6.07, 6.45) is 12.7. The van der Waals surface area contributed by atoms with Crippen LogP contribution < -0.4 is 0 Å². The highest BCUT2D eigenvalue weighted by Gasteiger charge is 2.08. The monoisotopic (exact) mass is 580 g/mol. The third-order valence-corrected chi connectivity index (χ3v) is 7.67. The summed E-state index contributed by atoms with van der Waals surface area (Å²) < 4.78 is 11.0. The molecule has 0 N–H and O–H groups in total. The molecular formula is C36H56N2O4. The predicted octanol–water partition coefficient (Wildman–Crippen LogP) is 8.02. The van der Waals surface area contributed by atoms with Gasteiger partial charge in [0.15, 0.2) is 0 Å². The second kappa shape index (κ2) is 21.9. The van der Waals surface area contributed by atoms with E-state index < -0.39 is 0 Å². The number of nitrogens with zero attached hydrogens (tertiary/aromatic N) is 2. The molecule has 6 nitrogen and oxygen atoms in total. The summed E-state index contributed by atoms with van der Waals surface area (Å²) in [5, 5.41) is 0. The van der Waals surface area contributed by atoms with Crippen LogP contribution in [0.1, 0.15) is 102 Å². The van der Waals surface area contributed by atoms with E-state index in [0.29, 0.717) is 26.1 Å². The molecular weight excluding hydrogens is 524 g/mol. The molecule has 0 spiro atoms. The lowest BCUT2D eigenvalue weighted by Crippen LogP contribution is -2.21. The average molecular weight is 581 g/mol. The Kier molecular flexibility index (Phi) is 18.5. The second-order valence-corrected chi connectivity index (χ2v) is 11.7. The van der Waals surface area contributed by atoms with E-state index in [1.807, 2.05) is 48.5 Å². The molecule has 0 bridgehead atoms. The molecule has 42 heavy (non-hydrogen) atoms. The SMILES string of the molecule is CCCCCCN(C)CCCC(=O)OCc1ccc(-c2ccc(COC(=O)CCCN(C)CCCCCC)cc2)cc1. The summed E-state index contributed by atoms with van der Waals surface area (Å²) in [7, 11) is 4.25. The molecule has 0 atom stereocenters. The number of benzene rings is 2. The molecule has 0 heterocycles. The molecule has 0 aromatic heterocycles. The van der Waals surface area contributed by atoms with Crippen molar-refractivity contribution in [2.75, 3.05) is 40.3 Å². The van der Waals surface area contributed by atoms with E-state index in [0.717, 1.165) is 61.3 Å². The fourth-order valence-electron chi connectivity index (χ4n) is 4.89. The molecule has 6 heteroatoms. The Balaban J connectivity index is 1.63. The Labute approximate surface area is 255 Å². The van der Waals surface area contributed by atoms with Gasteiger partial charge in [0.2, 0.25) is 0 Å². The van der Waals surface area contributed by atoms with Gasteiger partial charge in [-0.05, 0) is 88.2 Å². The van der Waals surface area contributed by atoms with Gasteiger partial charge in [0.25, 0.3) is 0 Å². The van der Waals surface area contributed by atoms with Gasteiger partial charge in [0.1, 0.15) is 13.2 Å². The van der Waals surface area contributed by atoms with E-state index in [-0.39, 0.29) is 11.9 Å². The number of esters is 2. The highest BCUT2D eigenvalue weighted by Crippen LogP contribution is 2.21. The van der Waals surface area contributed by atoms with Crippen LogP contribution in [0.15, 0.2) is 48.5 Å². The number of hydrogen-bond acceptors (Lipinski definition) is 6. The van der Waals surface area contributed by atoms with E-state index in [4.69, 9.17) is 9.47 Å². The minimum absolute atomic E-state index is 0.139. The molecule has 0 aliphatic rings. The molecule has 0 unspecified atom stereocenters. The predicted molar refractivity (Wildman–Crippen MR) is 173 cm³/mol. The summed E-state index contributed by atoms with van der Waals surface area (Å²) >= 11 is 0. The normalized spacial score (nSPS) is 11.3. The largest absolute Gasteiger partial charge is 0.461 e. The van der Waals surface area contributed by atoms with Gasteiger partial charge >= 0.3 is 11.9 Å². The number of unbranched alkanes of at least 4 members (excludes halogenated alkanes) is 6. The summed E-state index contributed by atoms with van der Waals surface area (Å²) in [5.41, 5.74) is 4.14. The molecule has 0 saturated heterocycles. The van der Waals surface area contributed by atoms with E-state index >= 15 is 0 Å². The molecule has 2 aromatic rings. The molecule has 234 valence electrons. The maximum absolute atomic E-state index is 12.2. The first-order valence-corrected chi connectivity index (χ1v) is 16.3. The van der Waals surface area contributed by atoms with Crippen molar-refractivity contribution in [3.05, 3.63) is 59.7 Å². The van der Waals surface area contributed by atoms with Crippen molar-refractivity contribution in [3.63, 3.8) is 0 Å². The Morgan fingerprint density at radius 2 is 0.881 bits per heavy atom. The molecule has 0 amide bonds. The van der Waals surface area contributed by atoms with Crippen LogP contribution in [0.2, 0.25) is 0 Å². The zero-order chi connectivity index (χ0) is 30.4. The lowest BCUT2D eigenvalue weighted by Gasteiger charge is -2.16. The molecule has 2 aromatic carbocycles. The van der Waals surface area contributed by atoms with E-state index in [1.165, 1.54) is 51.4 Å². The van der Waals surface area contributed by atoms with Gasteiger partial charge in [-0.1, -0.05) is 101 Å². The first-order valence-electron chi connectivity index (χ1n) is 16.3. The van der Waals surface area contributed by atoms with Gasteiger partial charge in [0.05, 0.1) is 0 Å². The summed E-state index contributed by atoms with van der Waals surface area (Å²) in [6, 6.07) is 16.2. The van der Waals surface area contributed by atoms with Crippen LogP contribution in [-0.4, -0.2) is 62.0 Å². The van der Waals surface area contributed by atoms with Crippen molar-refractivity contribution < 1.29 is 19.1 Å². The van der Waals surface area contributed by atoms with Crippen LogP contribution in [-0.2, 0) is 32.3 Å². The van der Waals surface area contributed by atoms with E-state index in [1.54, 1.807) is 0 Å². The fourth-order valence-corrected chi connectivity index (χ4v) is 4.89. The third-order valence-electron chi connectivity index (χ3n) is 7.67. The van der Waals surface area contributed by atoms with Crippen molar-refractivity contribution in [3.8, 4) is 11.1 Å². The van der Waals surface area contributed by atoms with Crippen LogP contribution in [0, 0.1) is 0 Å². The Hall–Kier alpha value is -2.70. The highest BCUT2D eigenvalue weighted by molar-refractivity contribution is 5.70. The smallest absolute Gasteiger partial charge is 0.306 e. The van der Waals surface area contributed by atoms with Crippen LogP contribution in [0.3, 0.4) is 0 Å². The first kappa shape index (κ1) is 35.5. The van der Waals surface area contributed by atoms with Gasteiger partial charge in [-0.25, -0.2) is 0 Å². The zero-order valence-electron chi connectivity index (χ0n) is 26.9. The maximum atomic E-state index is 12.2. The number of hydrogen-bond donors (Lipinski definition) is 0. The average Bonchev–Trinajstić information content (AvgIpc) is 3.00. The van der Waals surface area contributed by atoms with Gasteiger partial charge in [-0.15, -0.1) is 0 Å². The van der Waals surface area contributed by atoms with Gasteiger partial charge in [0, 0.05) is 12.8 Å². The minimum Gasteiger partial charge on any atom is -0.461 e. The number of carbonyl (C=O) groups excluding carboxylic acids is 2. The topological polar surface area (TPSA) is 59.1 Å². The van der Waals surface area contributed by atoms with Crippen LogP contribution in [0.5, 0.6) is 0 Å². The minimum atomic E-state index is -0.139. The third kappa shape index (κ3) is 16.1. The zero-order valence-corrected chi connectivity index (χ0v) is 26.9. The van der Waals surface area contributed by atoms with Crippen LogP contribution in [0.4, 0.5) is 0 Å². The quantitative estimate of drug-likeness (QED) is 0.0980. The molecule has 0 aliphatic carbocycles. The number of ether oxygens (including phenoxy) is 2. The van der Waals surface area contributed by atoms with Crippen LogP contribution >= 0.6 is 0 Å². The van der Waals surface area contributed by atoms with Crippen LogP contribution in [0.25, 0.3) is 11.1 Å². The molecule has 2 rings (SSSR count). The van der Waals surface area contributed by atoms with Gasteiger partial charge in [-0.2, -0.15) is 0 Å². The van der Waals surface area contributed by atoms with Crippen molar-refractivity contribution in [1.82, 2.24) is 9.80 Å². The standard InChI is InChI=1S/C36H56N2O4/c1-5-7-9-11-25-37(3)27-13-15-35(39)41-29-31-17-21-33(22-18-31)34-23-19-32(20-24-34)30-42-36(40)16-14-28-38(4)26-12-10-8-6-2/h17-24H,5-16,25-30H2,1-4H3. The Bertz CT molecular complexity index is 909. The molecule has 0 saturated carbocycles. The molecule has 0 fully saturated rings. The van der Waals surface area contributed by atoms with Crippen molar-refractivity contribution in [2.24, 2.45) is 0 Å². The summed E-state index contributed by atoms with van der Waals surface area (Å²) in [6.45, 7) is 9.08. The Morgan fingerprint density at radius 3 is 1.24 bits per heavy atom. The summed E-state index contributed by atoms with van der Waals surface area (Å²) in [5.74, 6) is -0.278. The fraction of sp³-hybridized carbons (Fsp3) is 0.611. The molecule has 0 radical (unpaired) electrons. The Morgan fingerprint density at radius 1 is 0.524 bits per heavy atom. The summed E-state index contributed by atoms with van der Waals surface area (Å²) in [4.78, 5) is 28.9. The lowest BCUT2D eigenvalue weighted by molar-refractivity contribution is -0.146. The second-order valence-electron chi connectivity index (χ2n) is 11.7.